The number of fused-ring (bicyclic) bond motifs is 2. The number of aromatic nitrogens is 1. The number of allylic oxidation sites excluding steroid dienone is 1. The average Bonchev–Trinajstić information content (AvgIpc) is 2.79. The third-order valence-electron chi connectivity index (χ3n) is 3.61. The Morgan fingerprint density at radius 2 is 1.86 bits per heavy atom. The van der Waals surface area contributed by atoms with Crippen LogP contribution in [0.2, 0.25) is 0 Å². The number of nitrogens with two attached hydrogens (primary N) is 1. The van der Waals surface area contributed by atoms with Crippen LogP contribution in [0.25, 0.3) is 0 Å². The van der Waals surface area contributed by atoms with Crippen LogP contribution in [0.4, 0.5) is 0 Å². The minimum Gasteiger partial charge on any atom is -0.327 e. The van der Waals surface area contributed by atoms with E-state index in [-0.39, 0.29) is 0 Å². The predicted molar refractivity (Wildman–Crippen MR) is 55.7 cm³/mol. The Kier molecular flexibility index (Phi) is 1.71. The fraction of sp³-hybridized carbons (Fsp3) is 0.417. The van der Waals surface area contributed by atoms with E-state index in [0.29, 0.717) is 23.8 Å². The van der Waals surface area contributed by atoms with E-state index < -0.39 is 0 Å². The van der Waals surface area contributed by atoms with Crippen LogP contribution < -0.4 is 5.73 Å². The SMILES string of the molecule is N[C@@H]1[C@@H](c2ccncc2)[C@@H]2C=C[C@H]1C2. The van der Waals surface area contributed by atoms with Crippen LogP contribution in [0.15, 0.2) is 36.7 Å². The second kappa shape index (κ2) is 2.92. The first-order chi connectivity index (χ1) is 6.86. The maximum Gasteiger partial charge on any atom is 0.0270 e. The summed E-state index contributed by atoms with van der Waals surface area (Å²) in [5.74, 6) is 1.79. The third-order valence-corrected chi connectivity index (χ3v) is 3.61. The molecule has 2 aliphatic carbocycles. The molecule has 0 saturated heterocycles. The van der Waals surface area contributed by atoms with Crippen LogP contribution in [0.1, 0.15) is 17.9 Å². The highest BCUT2D eigenvalue weighted by molar-refractivity contribution is 5.29. The van der Waals surface area contributed by atoms with Crippen LogP contribution in [-0.4, -0.2) is 11.0 Å². The summed E-state index contributed by atoms with van der Waals surface area (Å²) in [6.07, 6.45) is 9.58. The fourth-order valence-corrected chi connectivity index (χ4v) is 2.92. The molecule has 0 aromatic carbocycles. The second-order valence-electron chi connectivity index (χ2n) is 4.33. The zero-order chi connectivity index (χ0) is 9.54. The lowest BCUT2D eigenvalue weighted by atomic mass is 9.84. The van der Waals surface area contributed by atoms with Gasteiger partial charge in [-0.1, -0.05) is 12.2 Å². The Labute approximate surface area is 83.8 Å². The Bertz CT molecular complexity index is 358. The van der Waals surface area contributed by atoms with E-state index in [2.05, 4.69) is 29.3 Å². The number of hydrogen-bond acceptors (Lipinski definition) is 2. The summed E-state index contributed by atoms with van der Waals surface area (Å²) < 4.78 is 0. The summed E-state index contributed by atoms with van der Waals surface area (Å²) in [5.41, 5.74) is 7.58. The van der Waals surface area contributed by atoms with E-state index in [4.69, 9.17) is 5.73 Å². The van der Waals surface area contributed by atoms with Gasteiger partial charge in [0.2, 0.25) is 0 Å². The van der Waals surface area contributed by atoms with Crippen molar-refractivity contribution >= 4 is 0 Å². The maximum atomic E-state index is 6.22. The summed E-state index contributed by atoms with van der Waals surface area (Å²) >= 11 is 0. The summed E-state index contributed by atoms with van der Waals surface area (Å²) in [6.45, 7) is 0. The molecule has 2 heteroatoms. The monoisotopic (exact) mass is 186 g/mol. The van der Waals surface area contributed by atoms with Crippen molar-refractivity contribution in [3.63, 3.8) is 0 Å². The zero-order valence-electron chi connectivity index (χ0n) is 8.01. The van der Waals surface area contributed by atoms with Gasteiger partial charge in [-0.3, -0.25) is 4.98 Å². The lowest BCUT2D eigenvalue weighted by Crippen LogP contribution is -2.32. The van der Waals surface area contributed by atoms with E-state index in [1.54, 1.807) is 0 Å². The molecule has 4 atom stereocenters. The largest absolute Gasteiger partial charge is 0.327 e. The maximum absolute atomic E-state index is 6.22. The first-order valence-corrected chi connectivity index (χ1v) is 5.20. The molecular formula is C12H14N2. The van der Waals surface area contributed by atoms with Gasteiger partial charge in [-0.05, 0) is 36.0 Å². The molecule has 0 amide bonds. The minimum absolute atomic E-state index is 0.312. The minimum atomic E-state index is 0.312. The van der Waals surface area contributed by atoms with Gasteiger partial charge in [0, 0.05) is 24.4 Å². The van der Waals surface area contributed by atoms with Gasteiger partial charge in [0.05, 0.1) is 0 Å². The molecule has 1 aromatic heterocycles. The molecular weight excluding hydrogens is 172 g/mol. The number of rotatable bonds is 1. The summed E-state index contributed by atoms with van der Waals surface area (Å²) in [6, 6.07) is 4.50. The molecule has 3 rings (SSSR count). The molecule has 2 N–H and O–H groups in total. The molecule has 2 aliphatic rings. The standard InChI is InChI=1S/C12H14N2/c13-12-10-2-1-9(7-10)11(12)8-3-5-14-6-4-8/h1-6,9-12H,7,13H2/t9-,10+,11+,12+/m1/s1. The lowest BCUT2D eigenvalue weighted by molar-refractivity contribution is 0.504. The fourth-order valence-electron chi connectivity index (χ4n) is 2.92. The van der Waals surface area contributed by atoms with Crippen LogP contribution in [0.3, 0.4) is 0 Å². The first-order valence-electron chi connectivity index (χ1n) is 5.20. The highest BCUT2D eigenvalue weighted by atomic mass is 14.7. The van der Waals surface area contributed by atoms with Crippen LogP contribution in [0.5, 0.6) is 0 Å². The third kappa shape index (κ3) is 1.04. The lowest BCUT2D eigenvalue weighted by Gasteiger charge is -2.24. The van der Waals surface area contributed by atoms with E-state index in [0.717, 1.165) is 0 Å². The van der Waals surface area contributed by atoms with Gasteiger partial charge in [-0.25, -0.2) is 0 Å². The molecule has 2 bridgehead atoms. The number of hydrogen-bond donors (Lipinski definition) is 1. The van der Waals surface area contributed by atoms with E-state index in [1.807, 2.05) is 12.4 Å². The van der Waals surface area contributed by atoms with Crippen molar-refractivity contribution in [1.82, 2.24) is 4.98 Å². The van der Waals surface area contributed by atoms with Gasteiger partial charge in [-0.15, -0.1) is 0 Å². The van der Waals surface area contributed by atoms with Crippen molar-refractivity contribution in [2.45, 2.75) is 18.4 Å². The smallest absolute Gasteiger partial charge is 0.0270 e. The number of pyridine rings is 1. The summed E-state index contributed by atoms with van der Waals surface area (Å²) in [4.78, 5) is 4.05. The molecule has 2 nitrogen and oxygen atoms in total. The van der Waals surface area contributed by atoms with Gasteiger partial charge in [-0.2, -0.15) is 0 Å². The molecule has 1 fully saturated rings. The highest BCUT2D eigenvalue weighted by Crippen LogP contribution is 2.47. The molecule has 0 spiro atoms. The Morgan fingerprint density at radius 1 is 1.14 bits per heavy atom. The Hall–Kier alpha value is -1.15. The number of nitrogens with zero attached hydrogens (tertiary/aromatic N) is 1. The molecule has 72 valence electrons. The van der Waals surface area contributed by atoms with Crippen molar-refractivity contribution in [1.29, 1.82) is 0 Å². The van der Waals surface area contributed by atoms with Crippen LogP contribution in [0, 0.1) is 11.8 Å². The summed E-state index contributed by atoms with van der Waals surface area (Å²) in [7, 11) is 0. The topological polar surface area (TPSA) is 38.9 Å². The molecule has 0 aliphatic heterocycles. The molecule has 1 saturated carbocycles. The Balaban J connectivity index is 1.97. The predicted octanol–water partition coefficient (Wildman–Crippen LogP) is 1.70. The van der Waals surface area contributed by atoms with E-state index in [9.17, 15) is 0 Å². The van der Waals surface area contributed by atoms with Gasteiger partial charge in [0.25, 0.3) is 0 Å². The quantitative estimate of drug-likeness (QED) is 0.678. The van der Waals surface area contributed by atoms with Crippen LogP contribution in [-0.2, 0) is 0 Å². The second-order valence-corrected chi connectivity index (χ2v) is 4.33. The first kappa shape index (κ1) is 8.18. The van der Waals surface area contributed by atoms with E-state index in [1.165, 1.54) is 12.0 Å². The van der Waals surface area contributed by atoms with E-state index >= 15 is 0 Å². The van der Waals surface area contributed by atoms with Crippen molar-refractivity contribution < 1.29 is 0 Å². The van der Waals surface area contributed by atoms with Gasteiger partial charge in [0.1, 0.15) is 0 Å². The van der Waals surface area contributed by atoms with Gasteiger partial charge >= 0.3 is 0 Å². The van der Waals surface area contributed by atoms with Crippen molar-refractivity contribution in [3.8, 4) is 0 Å². The highest BCUT2D eigenvalue weighted by Gasteiger charge is 2.42. The normalized spacial score (nSPS) is 39.2. The van der Waals surface area contributed by atoms with Crippen LogP contribution >= 0.6 is 0 Å². The zero-order valence-corrected chi connectivity index (χ0v) is 8.01. The molecule has 1 aromatic rings. The van der Waals surface area contributed by atoms with Crippen molar-refractivity contribution in [2.75, 3.05) is 0 Å². The summed E-state index contributed by atoms with van der Waals surface area (Å²) in [5, 5.41) is 0. The molecule has 1 heterocycles. The average molecular weight is 186 g/mol. The molecule has 0 radical (unpaired) electrons. The Morgan fingerprint density at radius 3 is 2.50 bits per heavy atom. The van der Waals surface area contributed by atoms with Gasteiger partial charge < -0.3 is 5.73 Å². The van der Waals surface area contributed by atoms with Crippen molar-refractivity contribution in [3.05, 3.63) is 42.2 Å². The van der Waals surface area contributed by atoms with Crippen molar-refractivity contribution in [2.24, 2.45) is 17.6 Å². The molecule has 0 unspecified atom stereocenters. The van der Waals surface area contributed by atoms with Gasteiger partial charge in [0.15, 0.2) is 0 Å². The molecule has 14 heavy (non-hydrogen) atoms.